The molecule has 0 spiro atoms. The molecule has 5 nitrogen and oxygen atoms in total. The van der Waals surface area contributed by atoms with E-state index in [0.29, 0.717) is 5.56 Å². The van der Waals surface area contributed by atoms with Crippen LogP contribution in [-0.4, -0.2) is 24.4 Å². The van der Waals surface area contributed by atoms with E-state index in [1.807, 2.05) is 0 Å². The molecule has 0 aliphatic heterocycles. The van der Waals surface area contributed by atoms with Crippen LogP contribution in [0.3, 0.4) is 0 Å². The van der Waals surface area contributed by atoms with Crippen molar-refractivity contribution in [3.05, 3.63) is 35.1 Å². The second-order valence-electron chi connectivity index (χ2n) is 4.80. The Hall–Kier alpha value is -2.39. The third-order valence-corrected chi connectivity index (χ3v) is 2.81. The van der Waals surface area contributed by atoms with Crippen molar-refractivity contribution in [3.63, 3.8) is 0 Å². The van der Waals surface area contributed by atoms with E-state index in [2.05, 4.69) is 17.2 Å². The largest absolute Gasteiger partial charge is 0.368 e. The van der Waals surface area contributed by atoms with Crippen LogP contribution in [0.2, 0.25) is 0 Å². The van der Waals surface area contributed by atoms with Crippen molar-refractivity contribution >= 4 is 11.8 Å². The lowest BCUT2D eigenvalue weighted by molar-refractivity contribution is -0.120. The minimum Gasteiger partial charge on any atom is -0.368 e. The number of rotatable bonds is 4. The summed E-state index contributed by atoms with van der Waals surface area (Å²) in [6.07, 6.45) is 0. The zero-order valence-corrected chi connectivity index (χ0v) is 11.9. The van der Waals surface area contributed by atoms with Crippen LogP contribution in [0, 0.1) is 23.6 Å². The lowest BCUT2D eigenvalue weighted by atomic mass is 10.0. The maximum Gasteiger partial charge on any atom is 0.254 e. The van der Waals surface area contributed by atoms with Gasteiger partial charge in [0.25, 0.3) is 5.91 Å². The van der Waals surface area contributed by atoms with Crippen LogP contribution in [0.1, 0.15) is 29.8 Å². The van der Waals surface area contributed by atoms with Crippen LogP contribution in [0.4, 0.5) is 4.39 Å². The highest BCUT2D eigenvalue weighted by atomic mass is 19.1. The molecule has 0 aliphatic rings. The first kappa shape index (κ1) is 16.7. The zero-order valence-electron chi connectivity index (χ0n) is 11.9. The third-order valence-electron chi connectivity index (χ3n) is 2.81. The van der Waals surface area contributed by atoms with Gasteiger partial charge in [0.1, 0.15) is 11.9 Å². The van der Waals surface area contributed by atoms with Crippen LogP contribution in [0.15, 0.2) is 18.2 Å². The molecule has 0 saturated carbocycles. The van der Waals surface area contributed by atoms with Crippen LogP contribution in [-0.2, 0) is 4.79 Å². The first-order valence-electron chi connectivity index (χ1n) is 6.45. The average Bonchev–Trinajstić information content (AvgIpc) is 2.41. The summed E-state index contributed by atoms with van der Waals surface area (Å²) in [5.74, 6) is 3.00. The van der Waals surface area contributed by atoms with Gasteiger partial charge in [-0.25, -0.2) is 4.39 Å². The standard InChI is InChI=1S/C15H18FN3O2/c1-9(2)13(14(18)20)19-15(21)11-6-5-10(4-3-7-17)8-12(11)16/h5-6,8-9,13H,7,17H2,1-2H3,(H2,18,20)(H,19,21). The summed E-state index contributed by atoms with van der Waals surface area (Å²) in [7, 11) is 0. The summed E-state index contributed by atoms with van der Waals surface area (Å²) < 4.78 is 13.9. The van der Waals surface area contributed by atoms with E-state index in [-0.39, 0.29) is 18.0 Å². The van der Waals surface area contributed by atoms with E-state index in [4.69, 9.17) is 11.5 Å². The number of hydrogen-bond donors (Lipinski definition) is 3. The first-order chi connectivity index (χ1) is 9.86. The smallest absolute Gasteiger partial charge is 0.254 e. The van der Waals surface area contributed by atoms with Gasteiger partial charge >= 0.3 is 0 Å². The van der Waals surface area contributed by atoms with E-state index in [1.54, 1.807) is 13.8 Å². The molecule has 0 aromatic heterocycles. The van der Waals surface area contributed by atoms with E-state index >= 15 is 0 Å². The van der Waals surface area contributed by atoms with Crippen LogP contribution in [0.25, 0.3) is 0 Å². The summed E-state index contributed by atoms with van der Waals surface area (Å²) in [6, 6.07) is 3.11. The molecule has 0 saturated heterocycles. The molecule has 1 rings (SSSR count). The van der Waals surface area contributed by atoms with Crippen molar-refractivity contribution in [2.24, 2.45) is 17.4 Å². The Bertz CT molecular complexity index is 603. The second-order valence-corrected chi connectivity index (χ2v) is 4.80. The number of benzene rings is 1. The Labute approximate surface area is 122 Å². The SMILES string of the molecule is CC(C)C(NC(=O)c1ccc(C#CCN)cc1F)C(N)=O. The van der Waals surface area contributed by atoms with Crippen molar-refractivity contribution in [3.8, 4) is 11.8 Å². The maximum atomic E-state index is 13.9. The molecule has 1 aromatic carbocycles. The fourth-order valence-corrected chi connectivity index (χ4v) is 1.72. The topological polar surface area (TPSA) is 98.2 Å². The van der Waals surface area contributed by atoms with Gasteiger partial charge in [0.05, 0.1) is 12.1 Å². The van der Waals surface area contributed by atoms with E-state index < -0.39 is 23.7 Å². The fraction of sp³-hybridized carbons (Fsp3) is 0.333. The summed E-state index contributed by atoms with van der Waals surface area (Å²) in [4.78, 5) is 23.2. The number of amides is 2. The summed E-state index contributed by atoms with van der Waals surface area (Å²) in [5, 5.41) is 2.43. The van der Waals surface area contributed by atoms with Gasteiger partial charge in [-0.05, 0) is 24.1 Å². The van der Waals surface area contributed by atoms with Crippen molar-refractivity contribution in [2.45, 2.75) is 19.9 Å². The van der Waals surface area contributed by atoms with Gasteiger partial charge in [0, 0.05) is 5.56 Å². The van der Waals surface area contributed by atoms with Crippen LogP contribution in [0.5, 0.6) is 0 Å². The number of primary amides is 1. The molecule has 6 heteroatoms. The minimum absolute atomic E-state index is 0.165. The van der Waals surface area contributed by atoms with Gasteiger partial charge in [-0.3, -0.25) is 9.59 Å². The molecule has 5 N–H and O–H groups in total. The van der Waals surface area contributed by atoms with Crippen molar-refractivity contribution < 1.29 is 14.0 Å². The molecule has 112 valence electrons. The fourth-order valence-electron chi connectivity index (χ4n) is 1.72. The summed E-state index contributed by atoms with van der Waals surface area (Å²) in [6.45, 7) is 3.63. The van der Waals surface area contributed by atoms with E-state index in [9.17, 15) is 14.0 Å². The minimum atomic E-state index is -0.853. The monoisotopic (exact) mass is 291 g/mol. The Morgan fingerprint density at radius 2 is 2.05 bits per heavy atom. The second kappa shape index (κ2) is 7.41. The Kier molecular flexibility index (Phi) is 5.88. The molecule has 1 atom stereocenters. The highest BCUT2D eigenvalue weighted by molar-refractivity contribution is 5.97. The predicted molar refractivity (Wildman–Crippen MR) is 77.6 cm³/mol. The number of carbonyl (C=O) groups is 2. The third kappa shape index (κ3) is 4.58. The van der Waals surface area contributed by atoms with Gasteiger partial charge in [-0.1, -0.05) is 25.7 Å². The molecule has 0 fully saturated rings. The quantitative estimate of drug-likeness (QED) is 0.699. The lowest BCUT2D eigenvalue weighted by Crippen LogP contribution is -2.47. The van der Waals surface area contributed by atoms with Gasteiger partial charge in [0.15, 0.2) is 0 Å². The molecule has 1 unspecified atom stereocenters. The van der Waals surface area contributed by atoms with E-state index in [1.165, 1.54) is 12.1 Å². The molecule has 1 aromatic rings. The first-order valence-corrected chi connectivity index (χ1v) is 6.45. The van der Waals surface area contributed by atoms with Crippen molar-refractivity contribution in [1.82, 2.24) is 5.32 Å². The summed E-state index contributed by atoms with van der Waals surface area (Å²) in [5.41, 5.74) is 10.7. The average molecular weight is 291 g/mol. The maximum absolute atomic E-state index is 13.9. The molecule has 2 amide bonds. The van der Waals surface area contributed by atoms with Crippen molar-refractivity contribution in [1.29, 1.82) is 0 Å². The molecule has 0 radical (unpaired) electrons. The highest BCUT2D eigenvalue weighted by Gasteiger charge is 2.23. The van der Waals surface area contributed by atoms with Crippen LogP contribution >= 0.6 is 0 Å². The number of nitrogens with one attached hydrogen (secondary N) is 1. The zero-order chi connectivity index (χ0) is 16.0. The van der Waals surface area contributed by atoms with Gasteiger partial charge in [-0.2, -0.15) is 0 Å². The Morgan fingerprint density at radius 3 is 2.52 bits per heavy atom. The van der Waals surface area contributed by atoms with E-state index in [0.717, 1.165) is 6.07 Å². The summed E-state index contributed by atoms with van der Waals surface area (Å²) >= 11 is 0. The molecule has 21 heavy (non-hydrogen) atoms. The number of halogens is 1. The van der Waals surface area contributed by atoms with Gasteiger partial charge in [-0.15, -0.1) is 0 Å². The number of carbonyl (C=O) groups excluding carboxylic acids is 2. The molecular weight excluding hydrogens is 273 g/mol. The predicted octanol–water partition coefficient (Wildman–Crippen LogP) is 0.376. The molecule has 0 aliphatic carbocycles. The molecular formula is C15H18FN3O2. The molecule has 0 heterocycles. The van der Waals surface area contributed by atoms with Gasteiger partial charge in [0.2, 0.25) is 5.91 Å². The Morgan fingerprint density at radius 1 is 1.38 bits per heavy atom. The molecule has 0 bridgehead atoms. The highest BCUT2D eigenvalue weighted by Crippen LogP contribution is 2.11. The Balaban J connectivity index is 2.95. The van der Waals surface area contributed by atoms with Crippen LogP contribution < -0.4 is 16.8 Å². The number of nitrogens with two attached hydrogens (primary N) is 2. The van der Waals surface area contributed by atoms with Crippen molar-refractivity contribution in [2.75, 3.05) is 6.54 Å². The number of hydrogen-bond acceptors (Lipinski definition) is 3. The normalized spacial score (nSPS) is 11.5. The van der Waals surface area contributed by atoms with Gasteiger partial charge < -0.3 is 16.8 Å². The lowest BCUT2D eigenvalue weighted by Gasteiger charge is -2.19.